The molecule has 0 saturated heterocycles. The second-order valence-corrected chi connectivity index (χ2v) is 6.74. The molecule has 0 saturated carbocycles. The lowest BCUT2D eigenvalue weighted by Gasteiger charge is -2.30. The van der Waals surface area contributed by atoms with Crippen LogP contribution in [0.25, 0.3) is 11.2 Å². The molecule has 0 radical (unpaired) electrons. The fourth-order valence-electron chi connectivity index (χ4n) is 3.46. The van der Waals surface area contributed by atoms with Gasteiger partial charge in [0.15, 0.2) is 5.58 Å². The molecule has 0 N–H and O–H groups in total. The average molecular weight is 337 g/mol. The van der Waals surface area contributed by atoms with E-state index in [1.165, 1.54) is 7.11 Å². The maximum Gasteiger partial charge on any atom is 0.338 e. The third kappa shape index (κ3) is 2.28. The van der Waals surface area contributed by atoms with E-state index in [1.807, 2.05) is 31.2 Å². The van der Waals surface area contributed by atoms with Gasteiger partial charge in [0.1, 0.15) is 0 Å². The van der Waals surface area contributed by atoms with Crippen molar-refractivity contribution in [2.75, 3.05) is 12.0 Å². The van der Waals surface area contributed by atoms with Gasteiger partial charge in [0.25, 0.3) is 0 Å². The van der Waals surface area contributed by atoms with Gasteiger partial charge in [-0.3, -0.25) is 0 Å². The number of aromatic nitrogens is 2. The lowest BCUT2D eigenvalue weighted by molar-refractivity contribution is 0.0599. The molecule has 2 aromatic heterocycles. The van der Waals surface area contributed by atoms with Gasteiger partial charge in [0, 0.05) is 12.2 Å². The average Bonchev–Trinajstić information content (AvgIpc) is 3.12. The summed E-state index contributed by atoms with van der Waals surface area (Å²) in [5, 5.41) is 0. The standard InChI is InChI=1S/C19H19N3O3/c1-11-8-9-15-16(20-11)21-18(25-15)22-10-13-12(17(23)24-4)6-5-7-14(13)19(22,2)3/h5-9H,10H2,1-4H3. The number of aryl methyl sites for hydroxylation is 1. The summed E-state index contributed by atoms with van der Waals surface area (Å²) in [6.07, 6.45) is 0. The number of rotatable bonds is 2. The van der Waals surface area contributed by atoms with Gasteiger partial charge in [-0.1, -0.05) is 12.1 Å². The van der Waals surface area contributed by atoms with Crippen LogP contribution in [0.2, 0.25) is 0 Å². The molecule has 1 aromatic carbocycles. The highest BCUT2D eigenvalue weighted by Gasteiger charge is 2.41. The van der Waals surface area contributed by atoms with E-state index in [9.17, 15) is 4.79 Å². The number of carbonyl (C=O) groups is 1. The van der Waals surface area contributed by atoms with Crippen molar-refractivity contribution in [1.82, 2.24) is 9.97 Å². The molecule has 128 valence electrons. The van der Waals surface area contributed by atoms with Gasteiger partial charge in [-0.25, -0.2) is 9.78 Å². The molecule has 0 spiro atoms. The van der Waals surface area contributed by atoms with Gasteiger partial charge >= 0.3 is 12.0 Å². The van der Waals surface area contributed by atoms with E-state index in [4.69, 9.17) is 9.15 Å². The fourth-order valence-corrected chi connectivity index (χ4v) is 3.46. The lowest BCUT2D eigenvalue weighted by Crippen LogP contribution is -2.35. The molecule has 3 aromatic rings. The van der Waals surface area contributed by atoms with Crippen molar-refractivity contribution in [3.63, 3.8) is 0 Å². The normalized spacial score (nSPS) is 15.4. The van der Waals surface area contributed by atoms with Crippen molar-refractivity contribution in [2.24, 2.45) is 0 Å². The van der Waals surface area contributed by atoms with E-state index in [2.05, 4.69) is 28.7 Å². The van der Waals surface area contributed by atoms with Gasteiger partial charge in [0.05, 0.1) is 18.2 Å². The fraction of sp³-hybridized carbons (Fsp3) is 0.316. The molecule has 0 aliphatic carbocycles. The number of hydrogen-bond donors (Lipinski definition) is 0. The highest BCUT2D eigenvalue weighted by Crippen LogP contribution is 2.43. The number of benzene rings is 1. The Hall–Kier alpha value is -2.89. The summed E-state index contributed by atoms with van der Waals surface area (Å²) < 4.78 is 10.9. The molecule has 4 rings (SSSR count). The lowest BCUT2D eigenvalue weighted by atomic mass is 9.92. The van der Waals surface area contributed by atoms with E-state index in [0.717, 1.165) is 16.8 Å². The van der Waals surface area contributed by atoms with Crippen LogP contribution in [0.3, 0.4) is 0 Å². The highest BCUT2D eigenvalue weighted by molar-refractivity contribution is 5.92. The minimum Gasteiger partial charge on any atom is -0.465 e. The van der Waals surface area contributed by atoms with Crippen LogP contribution >= 0.6 is 0 Å². The number of methoxy groups -OCH3 is 1. The summed E-state index contributed by atoms with van der Waals surface area (Å²) in [4.78, 5) is 23.2. The van der Waals surface area contributed by atoms with Gasteiger partial charge in [-0.2, -0.15) is 4.98 Å². The van der Waals surface area contributed by atoms with E-state index in [-0.39, 0.29) is 11.5 Å². The zero-order valence-electron chi connectivity index (χ0n) is 14.7. The molecule has 0 atom stereocenters. The molecule has 0 fully saturated rings. The Labute approximate surface area is 145 Å². The quantitative estimate of drug-likeness (QED) is 0.666. The van der Waals surface area contributed by atoms with Crippen LogP contribution in [0.4, 0.5) is 6.01 Å². The number of fused-ring (bicyclic) bond motifs is 2. The Bertz CT molecular complexity index is 991. The Balaban J connectivity index is 1.82. The molecule has 0 unspecified atom stereocenters. The largest absolute Gasteiger partial charge is 0.465 e. The number of hydrogen-bond acceptors (Lipinski definition) is 6. The predicted octanol–water partition coefficient (Wildman–Crippen LogP) is 3.57. The first-order chi connectivity index (χ1) is 11.9. The van der Waals surface area contributed by atoms with Gasteiger partial charge in [-0.15, -0.1) is 0 Å². The molecule has 25 heavy (non-hydrogen) atoms. The first kappa shape index (κ1) is 15.6. The zero-order valence-corrected chi connectivity index (χ0v) is 14.7. The summed E-state index contributed by atoms with van der Waals surface area (Å²) in [5.74, 6) is -0.329. The SMILES string of the molecule is COC(=O)c1cccc2c1CN(c1nc3nc(C)ccc3o1)C2(C)C. The topological polar surface area (TPSA) is 68.5 Å². The van der Waals surface area contributed by atoms with Gasteiger partial charge < -0.3 is 14.1 Å². The summed E-state index contributed by atoms with van der Waals surface area (Å²) >= 11 is 0. The third-order valence-electron chi connectivity index (χ3n) is 4.84. The molecule has 0 amide bonds. The monoisotopic (exact) mass is 337 g/mol. The van der Waals surface area contributed by atoms with Crippen LogP contribution in [0, 0.1) is 6.92 Å². The molecule has 3 heterocycles. The molecule has 1 aliphatic heterocycles. The predicted molar refractivity (Wildman–Crippen MR) is 93.5 cm³/mol. The van der Waals surface area contributed by atoms with Crippen LogP contribution in [-0.2, 0) is 16.8 Å². The second-order valence-electron chi connectivity index (χ2n) is 6.74. The van der Waals surface area contributed by atoms with Gasteiger partial charge in [-0.05, 0) is 50.1 Å². The summed E-state index contributed by atoms with van der Waals surface area (Å²) in [6, 6.07) is 9.99. The van der Waals surface area contributed by atoms with Crippen LogP contribution in [0.1, 0.15) is 41.0 Å². The van der Waals surface area contributed by atoms with Crippen molar-refractivity contribution in [2.45, 2.75) is 32.9 Å². The van der Waals surface area contributed by atoms with Crippen molar-refractivity contribution in [3.05, 3.63) is 52.7 Å². The highest BCUT2D eigenvalue weighted by atomic mass is 16.5. The van der Waals surface area contributed by atoms with Gasteiger partial charge in [0.2, 0.25) is 5.65 Å². The van der Waals surface area contributed by atoms with Crippen molar-refractivity contribution < 1.29 is 13.9 Å². The van der Waals surface area contributed by atoms with E-state index in [0.29, 0.717) is 29.4 Å². The first-order valence-corrected chi connectivity index (χ1v) is 8.14. The minimum absolute atomic E-state index is 0.329. The number of carbonyl (C=O) groups excluding carboxylic acids is 1. The maximum absolute atomic E-state index is 12.1. The number of pyridine rings is 1. The molecule has 1 aliphatic rings. The first-order valence-electron chi connectivity index (χ1n) is 8.14. The smallest absolute Gasteiger partial charge is 0.338 e. The minimum atomic E-state index is -0.366. The Morgan fingerprint density at radius 3 is 2.80 bits per heavy atom. The van der Waals surface area contributed by atoms with Crippen LogP contribution < -0.4 is 4.90 Å². The van der Waals surface area contributed by atoms with E-state index in [1.54, 1.807) is 6.07 Å². The Morgan fingerprint density at radius 1 is 1.24 bits per heavy atom. The van der Waals surface area contributed by atoms with Crippen LogP contribution in [0.5, 0.6) is 0 Å². The van der Waals surface area contributed by atoms with E-state index < -0.39 is 0 Å². The van der Waals surface area contributed by atoms with Crippen LogP contribution in [0.15, 0.2) is 34.7 Å². The zero-order chi connectivity index (χ0) is 17.8. The summed E-state index contributed by atoms with van der Waals surface area (Å²) in [5.41, 5.74) is 4.38. The summed E-state index contributed by atoms with van der Waals surface area (Å²) in [7, 11) is 1.40. The Morgan fingerprint density at radius 2 is 2.04 bits per heavy atom. The van der Waals surface area contributed by atoms with Crippen LogP contribution in [-0.4, -0.2) is 23.0 Å². The molecular formula is C19H19N3O3. The number of ether oxygens (including phenoxy) is 1. The second kappa shape index (κ2) is 5.31. The number of esters is 1. The van der Waals surface area contributed by atoms with Crippen molar-refractivity contribution in [3.8, 4) is 0 Å². The Kier molecular flexibility index (Phi) is 3.32. The number of anilines is 1. The molecule has 6 nitrogen and oxygen atoms in total. The van der Waals surface area contributed by atoms with Crippen molar-refractivity contribution in [1.29, 1.82) is 0 Å². The van der Waals surface area contributed by atoms with Crippen molar-refractivity contribution >= 4 is 23.2 Å². The molecule has 0 bridgehead atoms. The third-order valence-corrected chi connectivity index (χ3v) is 4.84. The maximum atomic E-state index is 12.1. The molecular weight excluding hydrogens is 318 g/mol. The number of oxazole rings is 1. The summed E-state index contributed by atoms with van der Waals surface area (Å²) in [6.45, 7) is 6.63. The molecule has 6 heteroatoms. The number of nitrogens with zero attached hydrogens (tertiary/aromatic N) is 3. The van der Waals surface area contributed by atoms with E-state index >= 15 is 0 Å².